The van der Waals surface area contributed by atoms with Crippen LogP contribution in [0, 0.1) is 6.92 Å². The van der Waals surface area contributed by atoms with E-state index in [0.717, 1.165) is 22.4 Å². The summed E-state index contributed by atoms with van der Waals surface area (Å²) in [6, 6.07) is 17.1. The molecule has 0 saturated heterocycles. The number of carboxylic acids is 1. The maximum atomic E-state index is 11.6. The molecule has 4 heteroatoms. The number of fused-ring (bicyclic) bond motifs is 1. The summed E-state index contributed by atoms with van der Waals surface area (Å²) in [6.07, 6.45) is 0. The van der Waals surface area contributed by atoms with E-state index < -0.39 is 11.9 Å². The molecule has 0 radical (unpaired) electrons. The number of carboxylic acid groups (broad SMARTS) is 1. The monoisotopic (exact) mass is 280 g/mol. The van der Waals surface area contributed by atoms with E-state index >= 15 is 0 Å². The molecule has 4 nitrogen and oxygen atoms in total. The second-order valence-electron chi connectivity index (χ2n) is 5.06. The van der Waals surface area contributed by atoms with E-state index in [0.29, 0.717) is 6.54 Å². The molecule has 0 fully saturated rings. The molecule has 3 rings (SSSR count). The van der Waals surface area contributed by atoms with Crippen LogP contribution < -0.4 is 0 Å². The third-order valence-electron chi connectivity index (χ3n) is 3.71. The van der Waals surface area contributed by atoms with Gasteiger partial charge in [-0.1, -0.05) is 42.5 Å². The second kappa shape index (κ2) is 5.40. The zero-order chi connectivity index (χ0) is 14.8. The molecule has 21 heavy (non-hydrogen) atoms. The van der Waals surface area contributed by atoms with Crippen molar-refractivity contribution in [1.82, 2.24) is 9.55 Å². The number of aliphatic carboxylic acids is 1. The Hall–Kier alpha value is -2.62. The molecule has 0 amide bonds. The quantitative estimate of drug-likeness (QED) is 0.798. The predicted molar refractivity (Wildman–Crippen MR) is 81.3 cm³/mol. The molecule has 1 atom stereocenters. The van der Waals surface area contributed by atoms with Crippen LogP contribution in [-0.4, -0.2) is 20.6 Å². The average molecular weight is 280 g/mol. The molecule has 0 saturated carbocycles. The summed E-state index contributed by atoms with van der Waals surface area (Å²) < 4.78 is 1.97. The maximum Gasteiger partial charge on any atom is 0.312 e. The van der Waals surface area contributed by atoms with Gasteiger partial charge in [-0.05, 0) is 24.6 Å². The van der Waals surface area contributed by atoms with Crippen LogP contribution in [-0.2, 0) is 11.3 Å². The van der Waals surface area contributed by atoms with Gasteiger partial charge in [0.15, 0.2) is 0 Å². The molecule has 0 bridgehead atoms. The highest BCUT2D eigenvalue weighted by atomic mass is 16.4. The minimum atomic E-state index is -0.821. The Morgan fingerprint density at radius 1 is 1.14 bits per heavy atom. The molecule has 0 spiro atoms. The SMILES string of the molecule is Cc1nc2ccccc2n1CC(C(=O)O)c1ccccc1. The van der Waals surface area contributed by atoms with Crippen LogP contribution in [0.2, 0.25) is 0 Å². The Bertz CT molecular complexity index is 778. The van der Waals surface area contributed by atoms with Gasteiger partial charge in [-0.25, -0.2) is 4.98 Å². The molecule has 2 aromatic carbocycles. The molecule has 1 N–H and O–H groups in total. The molecular weight excluding hydrogens is 264 g/mol. The average Bonchev–Trinajstić information content (AvgIpc) is 2.81. The van der Waals surface area contributed by atoms with Gasteiger partial charge in [0.25, 0.3) is 0 Å². The van der Waals surface area contributed by atoms with Crippen LogP contribution in [0.15, 0.2) is 54.6 Å². The number of benzene rings is 2. The first-order valence-corrected chi connectivity index (χ1v) is 6.86. The maximum absolute atomic E-state index is 11.6. The van der Waals surface area contributed by atoms with Crippen LogP contribution in [0.1, 0.15) is 17.3 Å². The van der Waals surface area contributed by atoms with E-state index in [4.69, 9.17) is 0 Å². The highest BCUT2D eigenvalue weighted by molar-refractivity contribution is 5.78. The molecule has 1 aromatic heterocycles. The summed E-state index contributed by atoms with van der Waals surface area (Å²) in [5.41, 5.74) is 2.67. The van der Waals surface area contributed by atoms with Gasteiger partial charge in [0.1, 0.15) is 5.82 Å². The lowest BCUT2D eigenvalue weighted by Gasteiger charge is -2.15. The number of rotatable bonds is 4. The number of para-hydroxylation sites is 2. The van der Waals surface area contributed by atoms with Crippen molar-refractivity contribution in [2.75, 3.05) is 0 Å². The van der Waals surface area contributed by atoms with E-state index in [1.807, 2.05) is 66.1 Å². The standard InChI is InChI=1S/C17H16N2O2/c1-12-18-15-9-5-6-10-16(15)19(12)11-14(17(20)21)13-7-3-2-4-8-13/h2-10,14H,11H2,1H3,(H,20,21). The van der Waals surface area contributed by atoms with E-state index in [1.165, 1.54) is 0 Å². The van der Waals surface area contributed by atoms with E-state index in [1.54, 1.807) is 0 Å². The molecule has 106 valence electrons. The first-order chi connectivity index (χ1) is 10.2. The van der Waals surface area contributed by atoms with E-state index in [9.17, 15) is 9.90 Å². The van der Waals surface area contributed by atoms with Gasteiger partial charge in [-0.2, -0.15) is 0 Å². The predicted octanol–water partition coefficient (Wildman–Crippen LogP) is 3.21. The molecule has 0 aliphatic heterocycles. The number of aromatic nitrogens is 2. The number of imidazole rings is 1. The van der Waals surface area contributed by atoms with Crippen molar-refractivity contribution in [3.05, 3.63) is 66.0 Å². The summed E-state index contributed by atoms with van der Waals surface area (Å²) in [6.45, 7) is 2.29. The van der Waals surface area contributed by atoms with Gasteiger partial charge in [0.05, 0.1) is 17.0 Å². The fourth-order valence-corrected chi connectivity index (χ4v) is 2.62. The fraction of sp³-hybridized carbons (Fsp3) is 0.176. The second-order valence-corrected chi connectivity index (χ2v) is 5.06. The summed E-state index contributed by atoms with van der Waals surface area (Å²) in [7, 11) is 0. The zero-order valence-corrected chi connectivity index (χ0v) is 11.7. The smallest absolute Gasteiger partial charge is 0.312 e. The van der Waals surface area contributed by atoms with E-state index in [-0.39, 0.29) is 0 Å². The zero-order valence-electron chi connectivity index (χ0n) is 11.7. The van der Waals surface area contributed by atoms with Crippen LogP contribution >= 0.6 is 0 Å². The summed E-state index contributed by atoms with van der Waals surface area (Å²) in [5.74, 6) is -0.570. The number of carbonyl (C=O) groups is 1. The minimum Gasteiger partial charge on any atom is -0.481 e. The van der Waals surface area contributed by atoms with Crippen molar-refractivity contribution in [3.8, 4) is 0 Å². The van der Waals surface area contributed by atoms with E-state index in [2.05, 4.69) is 4.98 Å². The summed E-state index contributed by atoms with van der Waals surface area (Å²) in [4.78, 5) is 16.1. The Balaban J connectivity index is 2.03. The molecular formula is C17H16N2O2. The number of nitrogens with zero attached hydrogens (tertiary/aromatic N) is 2. The molecule has 3 aromatic rings. The van der Waals surface area contributed by atoms with Crippen molar-refractivity contribution in [2.24, 2.45) is 0 Å². The topological polar surface area (TPSA) is 55.1 Å². The summed E-state index contributed by atoms with van der Waals surface area (Å²) >= 11 is 0. The Morgan fingerprint density at radius 3 is 2.52 bits per heavy atom. The first kappa shape index (κ1) is 13.4. The Kier molecular flexibility index (Phi) is 3.44. The van der Waals surface area contributed by atoms with Gasteiger partial charge >= 0.3 is 5.97 Å². The van der Waals surface area contributed by atoms with Gasteiger partial charge in [-0.3, -0.25) is 4.79 Å². The molecule has 0 aliphatic rings. The van der Waals surface area contributed by atoms with Gasteiger partial charge < -0.3 is 9.67 Å². The highest BCUT2D eigenvalue weighted by Gasteiger charge is 2.22. The molecule has 1 heterocycles. The lowest BCUT2D eigenvalue weighted by molar-refractivity contribution is -0.139. The number of hydrogen-bond acceptors (Lipinski definition) is 2. The normalized spacial score (nSPS) is 12.4. The number of aryl methyl sites for hydroxylation is 1. The lowest BCUT2D eigenvalue weighted by Crippen LogP contribution is -2.18. The van der Waals surface area contributed by atoms with Gasteiger partial charge in [0.2, 0.25) is 0 Å². The Morgan fingerprint density at radius 2 is 1.81 bits per heavy atom. The van der Waals surface area contributed by atoms with Gasteiger partial charge in [-0.15, -0.1) is 0 Å². The van der Waals surface area contributed by atoms with Gasteiger partial charge in [0, 0.05) is 6.54 Å². The van der Waals surface area contributed by atoms with Crippen molar-refractivity contribution in [1.29, 1.82) is 0 Å². The third kappa shape index (κ3) is 2.52. The van der Waals surface area contributed by atoms with Crippen molar-refractivity contribution in [3.63, 3.8) is 0 Å². The van der Waals surface area contributed by atoms with Crippen LogP contribution in [0.25, 0.3) is 11.0 Å². The van der Waals surface area contributed by atoms with Crippen molar-refractivity contribution < 1.29 is 9.90 Å². The van der Waals surface area contributed by atoms with Crippen LogP contribution in [0.3, 0.4) is 0 Å². The minimum absolute atomic E-state index is 0.381. The third-order valence-corrected chi connectivity index (χ3v) is 3.71. The molecule has 0 aliphatic carbocycles. The first-order valence-electron chi connectivity index (χ1n) is 6.86. The fourth-order valence-electron chi connectivity index (χ4n) is 2.62. The number of hydrogen-bond donors (Lipinski definition) is 1. The summed E-state index contributed by atoms with van der Waals surface area (Å²) in [5, 5.41) is 9.55. The highest BCUT2D eigenvalue weighted by Crippen LogP contribution is 2.23. The van der Waals surface area contributed by atoms with Crippen molar-refractivity contribution in [2.45, 2.75) is 19.4 Å². The van der Waals surface area contributed by atoms with Crippen molar-refractivity contribution >= 4 is 17.0 Å². The largest absolute Gasteiger partial charge is 0.481 e. The van der Waals surface area contributed by atoms with Crippen LogP contribution in [0.5, 0.6) is 0 Å². The lowest BCUT2D eigenvalue weighted by atomic mass is 9.99. The Labute approximate surface area is 122 Å². The van der Waals surface area contributed by atoms with Crippen LogP contribution in [0.4, 0.5) is 0 Å². The molecule has 1 unspecified atom stereocenters.